The monoisotopic (exact) mass is 262 g/mol. The number of nitrogens with zero attached hydrogens (tertiary/aromatic N) is 2. The molecule has 3 N–H and O–H groups in total. The van der Waals surface area contributed by atoms with Crippen molar-refractivity contribution >= 4 is 11.8 Å². The van der Waals surface area contributed by atoms with Gasteiger partial charge in [-0.25, -0.2) is 9.97 Å². The predicted octanol–water partition coefficient (Wildman–Crippen LogP) is 0.423. The van der Waals surface area contributed by atoms with Crippen LogP contribution in [0.15, 0.2) is 12.4 Å². The molecule has 1 aromatic rings. The zero-order valence-corrected chi connectivity index (χ0v) is 10.9. The molecule has 1 aliphatic carbocycles. The van der Waals surface area contributed by atoms with Crippen molar-refractivity contribution in [2.75, 3.05) is 0 Å². The minimum atomic E-state index is -0.347. The summed E-state index contributed by atoms with van der Waals surface area (Å²) in [4.78, 5) is 31.5. The molecule has 1 fully saturated rings. The molecule has 1 aromatic heterocycles. The first kappa shape index (κ1) is 13.5. The smallest absolute Gasteiger partial charge is 0.254 e. The lowest BCUT2D eigenvalue weighted by molar-refractivity contribution is -0.122. The van der Waals surface area contributed by atoms with Crippen molar-refractivity contribution < 1.29 is 9.59 Å². The second-order valence-electron chi connectivity index (χ2n) is 4.76. The predicted molar refractivity (Wildman–Crippen MR) is 69.2 cm³/mol. The molecule has 0 aliphatic heterocycles. The SMILES string of the molecule is CCc1ncc(C(=O)N[C@@H]2CCC[C@@H]2C(N)=O)cn1. The highest BCUT2D eigenvalue weighted by Gasteiger charge is 2.32. The molecule has 2 amide bonds. The van der Waals surface area contributed by atoms with Crippen molar-refractivity contribution in [2.45, 2.75) is 38.6 Å². The van der Waals surface area contributed by atoms with Gasteiger partial charge < -0.3 is 11.1 Å². The van der Waals surface area contributed by atoms with E-state index in [2.05, 4.69) is 15.3 Å². The molecule has 2 atom stereocenters. The van der Waals surface area contributed by atoms with Crippen LogP contribution in [0.2, 0.25) is 0 Å². The molecular weight excluding hydrogens is 244 g/mol. The van der Waals surface area contributed by atoms with Gasteiger partial charge in [0.05, 0.1) is 11.5 Å². The maximum absolute atomic E-state index is 12.0. The fourth-order valence-corrected chi connectivity index (χ4v) is 2.38. The summed E-state index contributed by atoms with van der Waals surface area (Å²) in [7, 11) is 0. The van der Waals surface area contributed by atoms with Crippen LogP contribution < -0.4 is 11.1 Å². The van der Waals surface area contributed by atoms with Crippen LogP contribution in [0.4, 0.5) is 0 Å². The molecule has 0 unspecified atom stereocenters. The first-order valence-electron chi connectivity index (χ1n) is 6.53. The zero-order valence-electron chi connectivity index (χ0n) is 10.9. The summed E-state index contributed by atoms with van der Waals surface area (Å²) in [5.41, 5.74) is 5.74. The lowest BCUT2D eigenvalue weighted by Gasteiger charge is -2.18. The number of nitrogens with one attached hydrogen (secondary N) is 1. The van der Waals surface area contributed by atoms with E-state index in [4.69, 9.17) is 5.73 Å². The van der Waals surface area contributed by atoms with Crippen molar-refractivity contribution in [3.05, 3.63) is 23.8 Å². The fourth-order valence-electron chi connectivity index (χ4n) is 2.38. The molecule has 1 heterocycles. The lowest BCUT2D eigenvalue weighted by Crippen LogP contribution is -2.42. The van der Waals surface area contributed by atoms with Gasteiger partial charge in [0.1, 0.15) is 5.82 Å². The van der Waals surface area contributed by atoms with E-state index in [1.807, 2.05) is 6.92 Å². The van der Waals surface area contributed by atoms with E-state index in [-0.39, 0.29) is 23.8 Å². The first-order chi connectivity index (χ1) is 9.11. The molecule has 0 spiro atoms. The van der Waals surface area contributed by atoms with Crippen molar-refractivity contribution in [3.8, 4) is 0 Å². The third-order valence-electron chi connectivity index (χ3n) is 3.48. The average Bonchev–Trinajstić information content (AvgIpc) is 2.87. The second-order valence-corrected chi connectivity index (χ2v) is 4.76. The third-order valence-corrected chi connectivity index (χ3v) is 3.48. The third kappa shape index (κ3) is 3.07. The van der Waals surface area contributed by atoms with E-state index in [1.54, 1.807) is 0 Å². The molecule has 2 rings (SSSR count). The molecule has 19 heavy (non-hydrogen) atoms. The molecule has 0 saturated heterocycles. The minimum absolute atomic E-state index is 0.171. The first-order valence-corrected chi connectivity index (χ1v) is 6.53. The molecule has 1 aliphatic rings. The highest BCUT2D eigenvalue weighted by molar-refractivity contribution is 5.94. The Bertz CT molecular complexity index is 472. The number of carbonyl (C=O) groups is 2. The van der Waals surface area contributed by atoms with Gasteiger partial charge in [-0.2, -0.15) is 0 Å². The van der Waals surface area contributed by atoms with E-state index in [1.165, 1.54) is 12.4 Å². The highest BCUT2D eigenvalue weighted by Crippen LogP contribution is 2.25. The van der Waals surface area contributed by atoms with Crippen molar-refractivity contribution in [2.24, 2.45) is 11.7 Å². The molecular formula is C13H18N4O2. The van der Waals surface area contributed by atoms with Crippen molar-refractivity contribution in [1.82, 2.24) is 15.3 Å². The zero-order chi connectivity index (χ0) is 13.8. The van der Waals surface area contributed by atoms with E-state index in [0.717, 1.165) is 25.7 Å². The maximum atomic E-state index is 12.0. The van der Waals surface area contributed by atoms with Crippen LogP contribution >= 0.6 is 0 Å². The van der Waals surface area contributed by atoms with Gasteiger partial charge in [-0.05, 0) is 12.8 Å². The Morgan fingerprint density at radius 1 is 1.37 bits per heavy atom. The van der Waals surface area contributed by atoms with E-state index in [0.29, 0.717) is 11.4 Å². The summed E-state index contributed by atoms with van der Waals surface area (Å²) >= 11 is 0. The van der Waals surface area contributed by atoms with Crippen molar-refractivity contribution in [3.63, 3.8) is 0 Å². The topological polar surface area (TPSA) is 98.0 Å². The Balaban J connectivity index is 2.01. The van der Waals surface area contributed by atoms with E-state index < -0.39 is 0 Å². The van der Waals surface area contributed by atoms with Crippen LogP contribution in [0, 0.1) is 5.92 Å². The number of amides is 2. The average molecular weight is 262 g/mol. The summed E-state index contributed by atoms with van der Waals surface area (Å²) < 4.78 is 0. The van der Waals surface area contributed by atoms with Crippen molar-refractivity contribution in [1.29, 1.82) is 0 Å². The normalized spacial score (nSPS) is 22.2. The minimum Gasteiger partial charge on any atom is -0.369 e. The van der Waals surface area contributed by atoms with Crippen LogP contribution in [-0.4, -0.2) is 27.8 Å². The number of carbonyl (C=O) groups excluding carboxylic acids is 2. The van der Waals surface area contributed by atoms with Gasteiger partial charge in [0, 0.05) is 24.9 Å². The summed E-state index contributed by atoms with van der Waals surface area (Å²) in [6.45, 7) is 1.95. The number of hydrogen-bond donors (Lipinski definition) is 2. The Kier molecular flexibility index (Phi) is 4.09. The van der Waals surface area contributed by atoms with Crippen LogP contribution in [0.5, 0.6) is 0 Å². The van der Waals surface area contributed by atoms with E-state index >= 15 is 0 Å². The number of primary amides is 1. The Morgan fingerprint density at radius 3 is 2.63 bits per heavy atom. The Labute approximate surface area is 111 Å². The summed E-state index contributed by atoms with van der Waals surface area (Å²) in [6.07, 6.45) is 6.18. The van der Waals surface area contributed by atoms with E-state index in [9.17, 15) is 9.59 Å². The molecule has 0 aromatic carbocycles. The number of aromatic nitrogens is 2. The van der Waals surface area contributed by atoms with Crippen LogP contribution in [0.25, 0.3) is 0 Å². The largest absolute Gasteiger partial charge is 0.369 e. The van der Waals surface area contributed by atoms with Gasteiger partial charge in [0.15, 0.2) is 0 Å². The Morgan fingerprint density at radius 2 is 2.05 bits per heavy atom. The number of nitrogens with two attached hydrogens (primary N) is 1. The summed E-state index contributed by atoms with van der Waals surface area (Å²) in [5.74, 6) is -0.159. The number of hydrogen-bond acceptors (Lipinski definition) is 4. The molecule has 0 bridgehead atoms. The quantitative estimate of drug-likeness (QED) is 0.821. The summed E-state index contributed by atoms with van der Waals surface area (Å²) in [5, 5.41) is 2.84. The number of aryl methyl sites for hydroxylation is 1. The maximum Gasteiger partial charge on any atom is 0.254 e. The molecule has 6 nitrogen and oxygen atoms in total. The molecule has 6 heteroatoms. The van der Waals surface area contributed by atoms with Gasteiger partial charge in [-0.15, -0.1) is 0 Å². The molecule has 0 radical (unpaired) electrons. The standard InChI is InChI=1S/C13H18N4O2/c1-2-11-15-6-8(7-16-11)13(19)17-10-5-3-4-9(10)12(14)18/h6-7,9-10H,2-5H2,1H3,(H2,14,18)(H,17,19)/t9-,10+/m0/s1. The van der Waals surface area contributed by atoms with Gasteiger partial charge in [0.2, 0.25) is 5.91 Å². The van der Waals surface area contributed by atoms with Gasteiger partial charge in [-0.1, -0.05) is 13.3 Å². The van der Waals surface area contributed by atoms with Crippen LogP contribution in [-0.2, 0) is 11.2 Å². The Hall–Kier alpha value is -1.98. The summed E-state index contributed by atoms with van der Waals surface area (Å²) in [6, 6.07) is -0.171. The molecule has 102 valence electrons. The van der Waals surface area contributed by atoms with Gasteiger partial charge >= 0.3 is 0 Å². The van der Waals surface area contributed by atoms with Gasteiger partial charge in [-0.3, -0.25) is 9.59 Å². The van der Waals surface area contributed by atoms with Gasteiger partial charge in [0.25, 0.3) is 5.91 Å². The van der Waals surface area contributed by atoms with Crippen LogP contribution in [0.3, 0.4) is 0 Å². The fraction of sp³-hybridized carbons (Fsp3) is 0.538. The highest BCUT2D eigenvalue weighted by atomic mass is 16.2. The number of rotatable bonds is 4. The second kappa shape index (κ2) is 5.77. The molecule has 1 saturated carbocycles. The lowest BCUT2D eigenvalue weighted by atomic mass is 10.0. The van der Waals surface area contributed by atoms with Crippen LogP contribution in [0.1, 0.15) is 42.4 Å².